The van der Waals surface area contributed by atoms with Crippen LogP contribution in [-0.4, -0.2) is 43.5 Å². The molecular formula is C21H31N4O3+. The molecule has 1 heterocycles. The Morgan fingerprint density at radius 3 is 2.54 bits per heavy atom. The third kappa shape index (κ3) is 4.47. The van der Waals surface area contributed by atoms with Gasteiger partial charge in [0.2, 0.25) is 5.91 Å². The van der Waals surface area contributed by atoms with Crippen LogP contribution in [-0.2, 0) is 11.3 Å². The van der Waals surface area contributed by atoms with Gasteiger partial charge >= 0.3 is 0 Å². The Balaban J connectivity index is 1.66. The number of ether oxygens (including phenoxy) is 2. The van der Waals surface area contributed by atoms with Crippen molar-refractivity contribution < 1.29 is 18.9 Å². The zero-order chi connectivity index (χ0) is 20.1. The summed E-state index contributed by atoms with van der Waals surface area (Å²) < 4.78 is 11.3. The molecule has 1 aliphatic heterocycles. The average Bonchev–Trinajstić information content (AvgIpc) is 3.11. The molecule has 0 aromatic heterocycles. The second-order valence-corrected chi connectivity index (χ2v) is 7.58. The molecule has 152 valence electrons. The van der Waals surface area contributed by atoms with E-state index in [4.69, 9.17) is 20.3 Å². The largest absolute Gasteiger partial charge is 0.493 e. The van der Waals surface area contributed by atoms with Crippen molar-refractivity contribution in [2.45, 2.75) is 45.2 Å². The third-order valence-electron chi connectivity index (χ3n) is 5.76. The van der Waals surface area contributed by atoms with Gasteiger partial charge in [0.15, 0.2) is 11.5 Å². The van der Waals surface area contributed by atoms with E-state index < -0.39 is 0 Å². The molecule has 0 saturated heterocycles. The molecule has 1 fully saturated rings. The first kappa shape index (κ1) is 20.2. The van der Waals surface area contributed by atoms with Crippen LogP contribution in [0, 0.1) is 5.92 Å². The zero-order valence-corrected chi connectivity index (χ0v) is 17.0. The molecule has 0 radical (unpaired) electrons. The zero-order valence-electron chi connectivity index (χ0n) is 17.0. The van der Waals surface area contributed by atoms with Gasteiger partial charge in [0.25, 0.3) is 0 Å². The SMILES string of the molecule is CC[N+]1(Cc2ccc(OC)c(OC)c2)C=C(NC2CCC(C(N)=O)CC2)C=N1. The maximum Gasteiger partial charge on any atom is 0.220 e. The molecule has 1 aromatic carbocycles. The van der Waals surface area contributed by atoms with Crippen LogP contribution < -0.4 is 20.5 Å². The summed E-state index contributed by atoms with van der Waals surface area (Å²) in [6, 6.07) is 6.36. The van der Waals surface area contributed by atoms with Gasteiger partial charge < -0.3 is 20.5 Å². The van der Waals surface area contributed by atoms with Crippen LogP contribution in [0.25, 0.3) is 0 Å². The van der Waals surface area contributed by atoms with Gasteiger partial charge in [0.1, 0.15) is 31.2 Å². The van der Waals surface area contributed by atoms with Gasteiger partial charge in [-0.15, -0.1) is 0 Å². The number of primary amides is 1. The molecule has 1 amide bonds. The minimum absolute atomic E-state index is 0.0276. The summed E-state index contributed by atoms with van der Waals surface area (Å²) in [6.45, 7) is 3.73. The van der Waals surface area contributed by atoms with E-state index in [2.05, 4.69) is 24.5 Å². The maximum atomic E-state index is 11.3. The van der Waals surface area contributed by atoms with E-state index in [0.29, 0.717) is 10.6 Å². The van der Waals surface area contributed by atoms with E-state index in [1.54, 1.807) is 14.2 Å². The number of benzene rings is 1. The van der Waals surface area contributed by atoms with Crippen LogP contribution in [0.5, 0.6) is 11.5 Å². The Morgan fingerprint density at radius 2 is 1.93 bits per heavy atom. The molecule has 1 aromatic rings. The fraction of sp³-hybridized carbons (Fsp3) is 0.524. The highest BCUT2D eigenvalue weighted by Crippen LogP contribution is 2.31. The topological polar surface area (TPSA) is 85.9 Å². The molecule has 3 rings (SSSR count). The number of carbonyl (C=O) groups excluding carboxylic acids is 1. The number of carbonyl (C=O) groups is 1. The van der Waals surface area contributed by atoms with Crippen LogP contribution in [0.4, 0.5) is 0 Å². The summed E-state index contributed by atoms with van der Waals surface area (Å²) in [6.07, 6.45) is 7.73. The lowest BCUT2D eigenvalue weighted by atomic mass is 9.85. The smallest absolute Gasteiger partial charge is 0.220 e. The highest BCUT2D eigenvalue weighted by Gasteiger charge is 2.31. The molecule has 7 nitrogen and oxygen atoms in total. The number of methoxy groups -OCH3 is 2. The van der Waals surface area contributed by atoms with Crippen LogP contribution >= 0.6 is 0 Å². The summed E-state index contributed by atoms with van der Waals surface area (Å²) in [5, 5.41) is 8.37. The number of rotatable bonds is 8. The van der Waals surface area contributed by atoms with Crippen molar-refractivity contribution in [1.82, 2.24) is 5.32 Å². The predicted molar refractivity (Wildman–Crippen MR) is 109 cm³/mol. The molecule has 1 unspecified atom stereocenters. The number of allylic oxidation sites excluding steroid dienone is 1. The van der Waals surface area contributed by atoms with Crippen LogP contribution in [0.2, 0.25) is 0 Å². The summed E-state index contributed by atoms with van der Waals surface area (Å²) in [5.74, 6) is 1.31. The number of quaternary nitrogens is 1. The van der Waals surface area contributed by atoms with Crippen LogP contribution in [0.3, 0.4) is 0 Å². The molecule has 2 aliphatic rings. The quantitative estimate of drug-likeness (QED) is 0.671. The third-order valence-corrected chi connectivity index (χ3v) is 5.76. The second kappa shape index (κ2) is 8.65. The van der Waals surface area contributed by atoms with E-state index in [0.717, 1.165) is 61.5 Å². The summed E-state index contributed by atoms with van der Waals surface area (Å²) in [4.78, 5) is 11.3. The van der Waals surface area contributed by atoms with Crippen molar-refractivity contribution in [3.63, 3.8) is 0 Å². The van der Waals surface area contributed by atoms with Crippen LogP contribution in [0.15, 0.2) is 35.2 Å². The number of hydrogen-bond donors (Lipinski definition) is 2. The molecule has 3 N–H and O–H groups in total. The number of nitrogens with zero attached hydrogens (tertiary/aromatic N) is 2. The normalized spacial score (nSPS) is 26.6. The van der Waals surface area contributed by atoms with Crippen molar-refractivity contribution in [3.05, 3.63) is 35.7 Å². The van der Waals surface area contributed by atoms with E-state index in [1.165, 1.54) is 0 Å². The Hall–Kier alpha value is -2.54. The van der Waals surface area contributed by atoms with E-state index in [-0.39, 0.29) is 11.8 Å². The van der Waals surface area contributed by atoms with Crippen LogP contribution in [0.1, 0.15) is 38.2 Å². The van der Waals surface area contributed by atoms with Gasteiger partial charge in [-0.25, -0.2) is 0 Å². The fourth-order valence-electron chi connectivity index (χ4n) is 4.00. The average molecular weight is 388 g/mol. The van der Waals surface area contributed by atoms with Crippen molar-refractivity contribution in [2.75, 3.05) is 20.8 Å². The monoisotopic (exact) mass is 387 g/mol. The molecule has 7 heteroatoms. The van der Waals surface area contributed by atoms with E-state index >= 15 is 0 Å². The number of hydrogen-bond acceptors (Lipinski definition) is 5. The number of nitrogens with two attached hydrogens (primary N) is 1. The second-order valence-electron chi connectivity index (χ2n) is 7.58. The van der Waals surface area contributed by atoms with Gasteiger partial charge in [0.05, 0.1) is 14.2 Å². The Labute approximate surface area is 166 Å². The Kier molecular flexibility index (Phi) is 6.24. The highest BCUT2D eigenvalue weighted by atomic mass is 16.5. The standard InChI is InChI=1S/C21H30N4O3/c1-4-25(13-15-5-10-19(27-2)20(11-15)28-3)14-18(12-23-25)24-17-8-6-16(7-9-17)21(22)26/h5,10-12,14,16-17,24H,4,6-9,13H2,1-3H3,(H-,22,26)/p+1. The lowest BCUT2D eigenvalue weighted by Gasteiger charge is -2.28. The number of nitrogens with one attached hydrogen (secondary N) is 1. The maximum absolute atomic E-state index is 11.3. The van der Waals surface area contributed by atoms with E-state index in [1.807, 2.05) is 18.3 Å². The van der Waals surface area contributed by atoms with Gasteiger partial charge in [-0.1, -0.05) is 5.10 Å². The van der Waals surface area contributed by atoms with Crippen molar-refractivity contribution in [1.29, 1.82) is 0 Å². The predicted octanol–water partition coefficient (Wildman–Crippen LogP) is 2.52. The molecule has 1 aliphatic carbocycles. The molecule has 28 heavy (non-hydrogen) atoms. The summed E-state index contributed by atoms with van der Waals surface area (Å²) in [7, 11) is 3.29. The lowest BCUT2D eigenvalue weighted by Crippen LogP contribution is -2.37. The van der Waals surface area contributed by atoms with Crippen molar-refractivity contribution in [2.24, 2.45) is 16.8 Å². The molecule has 0 spiro atoms. The first-order valence-electron chi connectivity index (χ1n) is 9.90. The molecular weight excluding hydrogens is 356 g/mol. The van der Waals surface area contributed by atoms with Gasteiger partial charge in [-0.05, 0) is 50.8 Å². The molecule has 0 bridgehead atoms. The fourth-order valence-corrected chi connectivity index (χ4v) is 4.00. The van der Waals surface area contributed by atoms with E-state index in [9.17, 15) is 4.79 Å². The van der Waals surface area contributed by atoms with Gasteiger partial charge in [0, 0.05) is 17.5 Å². The minimum atomic E-state index is -0.170. The van der Waals surface area contributed by atoms with Gasteiger partial charge in [-0.2, -0.15) is 4.59 Å². The Morgan fingerprint density at radius 1 is 1.21 bits per heavy atom. The summed E-state index contributed by atoms with van der Waals surface area (Å²) >= 11 is 0. The van der Waals surface area contributed by atoms with Gasteiger partial charge in [-0.3, -0.25) is 4.79 Å². The molecule has 1 saturated carbocycles. The lowest BCUT2D eigenvalue weighted by molar-refractivity contribution is -0.895. The Bertz CT molecular complexity index is 769. The van der Waals surface area contributed by atoms with Crippen molar-refractivity contribution >= 4 is 12.1 Å². The molecule has 1 atom stereocenters. The minimum Gasteiger partial charge on any atom is -0.493 e. The highest BCUT2D eigenvalue weighted by molar-refractivity contribution is 5.78. The number of amides is 1. The van der Waals surface area contributed by atoms with Crippen molar-refractivity contribution in [3.8, 4) is 11.5 Å². The summed E-state index contributed by atoms with van der Waals surface area (Å²) in [5.41, 5.74) is 7.61. The first-order chi connectivity index (χ1) is 13.5. The first-order valence-corrected chi connectivity index (χ1v) is 9.90.